The topological polar surface area (TPSA) is 114 Å². The summed E-state index contributed by atoms with van der Waals surface area (Å²) < 4.78 is 7.68. The molecule has 2 aromatic carbocycles. The van der Waals surface area contributed by atoms with E-state index in [2.05, 4.69) is 30.8 Å². The molecule has 4 bridgehead atoms. The number of carbonyl (C=O) groups is 2. The Kier molecular flexibility index (Phi) is 10.1. The van der Waals surface area contributed by atoms with E-state index in [0.29, 0.717) is 68.4 Å². The Balaban J connectivity index is 1.34. The number of carbonyl (C=O) groups excluding carboxylic acids is 2. The van der Waals surface area contributed by atoms with E-state index in [1.165, 1.54) is 0 Å². The number of ether oxygens (including phenoxy) is 1. The summed E-state index contributed by atoms with van der Waals surface area (Å²) in [6.07, 6.45) is 7.30. The van der Waals surface area contributed by atoms with Gasteiger partial charge in [0.15, 0.2) is 0 Å². The number of nitrogens with zero attached hydrogens (tertiary/aromatic N) is 5. The Morgan fingerprint density at radius 1 is 0.976 bits per heavy atom. The van der Waals surface area contributed by atoms with E-state index in [1.807, 2.05) is 53.3 Å². The Hall–Kier alpha value is -4.28. The molecule has 4 aromatic rings. The van der Waals surface area contributed by atoms with Crippen molar-refractivity contribution in [2.45, 2.75) is 44.9 Å². The van der Waals surface area contributed by atoms with Gasteiger partial charge in [-0.1, -0.05) is 47.1 Å². The molecule has 10 nitrogen and oxygen atoms in total. The number of aromatic nitrogens is 4. The lowest BCUT2D eigenvalue weighted by molar-refractivity contribution is -0.123. The predicted octanol–water partition coefficient (Wildman–Crippen LogP) is 3.66. The van der Waals surface area contributed by atoms with Gasteiger partial charge in [-0.2, -0.15) is 0 Å². The smallest absolute Gasteiger partial charge is 0.251 e. The van der Waals surface area contributed by atoms with Crippen molar-refractivity contribution >= 4 is 23.4 Å². The molecule has 42 heavy (non-hydrogen) atoms. The van der Waals surface area contributed by atoms with Crippen LogP contribution in [0.5, 0.6) is 5.75 Å². The van der Waals surface area contributed by atoms with Gasteiger partial charge in [-0.15, -0.1) is 5.10 Å². The van der Waals surface area contributed by atoms with Gasteiger partial charge in [0.25, 0.3) is 5.91 Å². The van der Waals surface area contributed by atoms with Gasteiger partial charge < -0.3 is 15.4 Å². The van der Waals surface area contributed by atoms with Gasteiger partial charge >= 0.3 is 0 Å². The molecule has 0 saturated heterocycles. The van der Waals surface area contributed by atoms with E-state index in [9.17, 15) is 9.59 Å². The van der Waals surface area contributed by atoms with Crippen molar-refractivity contribution in [3.8, 4) is 5.75 Å². The van der Waals surface area contributed by atoms with Crippen LogP contribution in [0.3, 0.4) is 0 Å². The van der Waals surface area contributed by atoms with Crippen LogP contribution >= 0.6 is 11.6 Å². The number of nitrogens with one attached hydrogen (secondary N) is 2. The first-order valence-corrected chi connectivity index (χ1v) is 14.5. The monoisotopic (exact) mass is 587 g/mol. The van der Waals surface area contributed by atoms with Crippen LogP contribution < -0.4 is 15.4 Å². The van der Waals surface area contributed by atoms with Crippen LogP contribution in [0.4, 0.5) is 0 Å². The van der Waals surface area contributed by atoms with E-state index in [1.54, 1.807) is 30.6 Å². The number of pyridine rings is 1. The highest BCUT2D eigenvalue weighted by Gasteiger charge is 2.22. The standard InChI is InChI=1S/C31H34ClN7O3/c32-27-19-25-8-9-29(27)42-17-5-16-39-22-26(36-37-39)21-38(20-24-10-13-33-14-11-24)15-4-12-34-31(41)28(35-30(25)40)18-23-6-2-1-3-7-23/h1-3,6-11,13-14,19,22,28H,4-5,12,15-18,20-21H2,(H,34,41)(H,35,40)/t28-/m0/s1. The first-order valence-electron chi connectivity index (χ1n) is 14.1. The van der Waals surface area contributed by atoms with Crippen LogP contribution in [-0.4, -0.2) is 62.4 Å². The summed E-state index contributed by atoms with van der Waals surface area (Å²) in [7, 11) is 0. The van der Waals surface area contributed by atoms with Gasteiger partial charge in [-0.25, -0.2) is 0 Å². The van der Waals surface area contributed by atoms with Gasteiger partial charge in [-0.05, 0) is 47.9 Å². The quantitative estimate of drug-likeness (QED) is 0.374. The lowest BCUT2D eigenvalue weighted by Gasteiger charge is -2.22. The molecule has 0 unspecified atom stereocenters. The molecule has 2 aliphatic heterocycles. The summed E-state index contributed by atoms with van der Waals surface area (Å²) in [5.74, 6) is -0.132. The fourth-order valence-electron chi connectivity index (χ4n) is 4.82. The van der Waals surface area contributed by atoms with E-state index in [-0.39, 0.29) is 11.8 Å². The van der Waals surface area contributed by atoms with Crippen LogP contribution in [0, 0.1) is 0 Å². The zero-order chi connectivity index (χ0) is 29.1. The normalized spacial score (nSPS) is 17.5. The van der Waals surface area contributed by atoms with Crippen LogP contribution in [0.25, 0.3) is 0 Å². The van der Waals surface area contributed by atoms with Gasteiger partial charge in [0.05, 0.1) is 17.3 Å². The first-order chi connectivity index (χ1) is 20.5. The second kappa shape index (κ2) is 14.6. The fraction of sp³-hybridized carbons (Fsp3) is 0.323. The molecule has 0 radical (unpaired) electrons. The van der Waals surface area contributed by atoms with Crippen LogP contribution in [0.15, 0.2) is 79.3 Å². The van der Waals surface area contributed by atoms with Crippen LogP contribution in [0.2, 0.25) is 5.02 Å². The van der Waals surface area contributed by atoms with E-state index in [0.717, 1.165) is 23.4 Å². The molecule has 11 heteroatoms. The third-order valence-corrected chi connectivity index (χ3v) is 7.26. The number of hydrogen-bond donors (Lipinski definition) is 2. The van der Waals surface area contributed by atoms with Crippen molar-refractivity contribution in [1.82, 2.24) is 35.5 Å². The maximum absolute atomic E-state index is 13.3. The minimum atomic E-state index is -0.758. The van der Waals surface area contributed by atoms with Crippen molar-refractivity contribution in [1.29, 1.82) is 0 Å². The van der Waals surface area contributed by atoms with Gasteiger partial charge in [-0.3, -0.25) is 24.2 Å². The molecule has 2 amide bonds. The second-order valence-electron chi connectivity index (χ2n) is 10.2. The molecule has 0 fully saturated rings. The number of hydrogen-bond acceptors (Lipinski definition) is 7. The Morgan fingerprint density at radius 3 is 2.62 bits per heavy atom. The number of amides is 2. The summed E-state index contributed by atoms with van der Waals surface area (Å²) >= 11 is 6.45. The maximum atomic E-state index is 13.3. The summed E-state index contributed by atoms with van der Waals surface area (Å²) in [4.78, 5) is 32.9. The molecule has 2 aliphatic rings. The summed E-state index contributed by atoms with van der Waals surface area (Å²) in [6.45, 7) is 3.57. The van der Waals surface area contributed by atoms with Gasteiger partial charge in [0, 0.05) is 69.7 Å². The maximum Gasteiger partial charge on any atom is 0.251 e. The molecule has 4 heterocycles. The van der Waals surface area contributed by atoms with Crippen LogP contribution in [0.1, 0.15) is 40.0 Å². The summed E-state index contributed by atoms with van der Waals surface area (Å²) in [6, 6.07) is 17.7. The highest BCUT2D eigenvalue weighted by molar-refractivity contribution is 6.32. The zero-order valence-electron chi connectivity index (χ0n) is 23.3. The lowest BCUT2D eigenvalue weighted by Crippen LogP contribution is -2.48. The van der Waals surface area contributed by atoms with Crippen molar-refractivity contribution in [2.75, 3.05) is 19.7 Å². The molecule has 218 valence electrons. The number of halogens is 1. The van der Waals surface area contributed by atoms with Crippen molar-refractivity contribution in [3.63, 3.8) is 0 Å². The molecule has 2 aromatic heterocycles. The minimum Gasteiger partial charge on any atom is -0.492 e. The minimum absolute atomic E-state index is 0.243. The lowest BCUT2D eigenvalue weighted by atomic mass is 10.0. The second-order valence-corrected chi connectivity index (χ2v) is 10.7. The predicted molar refractivity (Wildman–Crippen MR) is 159 cm³/mol. The van der Waals surface area contributed by atoms with Crippen molar-refractivity contribution < 1.29 is 14.3 Å². The molecule has 0 saturated carbocycles. The van der Waals surface area contributed by atoms with Crippen molar-refractivity contribution in [2.24, 2.45) is 0 Å². The Morgan fingerprint density at radius 2 is 1.81 bits per heavy atom. The number of benzene rings is 2. The average Bonchev–Trinajstić information content (AvgIpc) is 3.45. The largest absolute Gasteiger partial charge is 0.492 e. The first kappa shape index (κ1) is 29.2. The molecule has 6 rings (SSSR count). The van der Waals surface area contributed by atoms with Gasteiger partial charge in [0.1, 0.15) is 11.8 Å². The Labute approximate surface area is 250 Å². The molecule has 0 spiro atoms. The molecule has 2 N–H and O–H groups in total. The number of fused-ring (bicyclic) bond motifs is 14. The van der Waals surface area contributed by atoms with Crippen molar-refractivity contribution in [3.05, 3.63) is 107 Å². The Bertz CT molecular complexity index is 1470. The highest BCUT2D eigenvalue weighted by Crippen LogP contribution is 2.26. The van der Waals surface area contributed by atoms with E-state index >= 15 is 0 Å². The molecular weight excluding hydrogens is 554 g/mol. The fourth-order valence-corrected chi connectivity index (χ4v) is 5.05. The SMILES string of the molecule is O=C1N[C@@H](Cc2ccccc2)C(=O)NCCCN(Cc2ccncc2)Cc2cn(nn2)CCCOc2ccc1cc2Cl. The average molecular weight is 588 g/mol. The van der Waals surface area contributed by atoms with E-state index in [4.69, 9.17) is 16.3 Å². The molecular formula is C31H34ClN7O3. The third kappa shape index (κ3) is 8.37. The highest BCUT2D eigenvalue weighted by atomic mass is 35.5. The summed E-state index contributed by atoms with van der Waals surface area (Å²) in [5, 5.41) is 14.9. The molecule has 1 atom stereocenters. The van der Waals surface area contributed by atoms with E-state index < -0.39 is 6.04 Å². The molecule has 0 aliphatic carbocycles. The number of aryl methyl sites for hydroxylation is 1. The third-order valence-electron chi connectivity index (χ3n) is 6.97. The zero-order valence-corrected chi connectivity index (χ0v) is 24.0. The number of rotatable bonds is 4. The van der Waals surface area contributed by atoms with Gasteiger partial charge in [0.2, 0.25) is 5.91 Å². The summed E-state index contributed by atoms with van der Waals surface area (Å²) in [5.41, 5.74) is 3.30. The van der Waals surface area contributed by atoms with Crippen LogP contribution in [-0.2, 0) is 30.8 Å².